The van der Waals surface area contributed by atoms with Gasteiger partial charge in [0.1, 0.15) is 0 Å². The Morgan fingerprint density at radius 3 is 0.667 bits per heavy atom. The average molecular weight is 860 g/mol. The molecule has 0 nitrogen and oxygen atoms in total. The summed E-state index contributed by atoms with van der Waals surface area (Å²) in [4.78, 5) is 0. The van der Waals surface area contributed by atoms with Crippen molar-refractivity contribution in [3.8, 4) is 0 Å². The number of hydrogen-bond donors (Lipinski definition) is 0. The zero-order valence-electron chi connectivity index (χ0n) is 35.3. The van der Waals surface area contributed by atoms with Crippen molar-refractivity contribution in [3.05, 3.63) is 85.0 Å². The van der Waals surface area contributed by atoms with Crippen LogP contribution >= 0.6 is 0 Å². The van der Waals surface area contributed by atoms with Crippen LogP contribution in [0.15, 0.2) is 18.2 Å². The standard InChI is InChI=1S/3C15H23.3ClH.3Ti/c3*1-8-7-14-12(5)10(3)11(4)13(6)15(14)9(8)2;;;;;;/h3*7,10-13H,1-6H3;3*1H;;;/q3*-1;;;;3*+2/p-3. The molecule has 3 aliphatic carbocycles. The van der Waals surface area contributed by atoms with Crippen molar-refractivity contribution in [2.45, 2.75) is 160 Å². The molecule has 12 unspecified atom stereocenters. The smallest absolute Gasteiger partial charge is 1.00 e. The number of hydrogen-bond acceptors (Lipinski definition) is 0. The van der Waals surface area contributed by atoms with E-state index in [-0.39, 0.29) is 102 Å². The molecule has 0 fully saturated rings. The fourth-order valence-corrected chi connectivity index (χ4v) is 9.86. The van der Waals surface area contributed by atoms with Crippen LogP contribution in [0.2, 0.25) is 0 Å². The molecule has 3 aliphatic rings. The minimum atomic E-state index is 0. The molecule has 0 saturated carbocycles. The molecule has 0 amide bonds. The Bertz CT molecular complexity index is 1320. The summed E-state index contributed by atoms with van der Waals surface area (Å²) >= 11 is 0. The van der Waals surface area contributed by atoms with Crippen LogP contribution in [-0.2, 0) is 65.2 Å². The Labute approximate surface area is 379 Å². The number of rotatable bonds is 0. The summed E-state index contributed by atoms with van der Waals surface area (Å²) in [5.74, 6) is 9.29. The van der Waals surface area contributed by atoms with Gasteiger partial charge in [0.25, 0.3) is 0 Å². The minimum absolute atomic E-state index is 0. The van der Waals surface area contributed by atoms with E-state index in [1.54, 1.807) is 50.1 Å². The van der Waals surface area contributed by atoms with Crippen molar-refractivity contribution in [1.82, 2.24) is 0 Å². The van der Waals surface area contributed by atoms with Crippen LogP contribution in [0, 0.1) is 77.0 Å². The quantitative estimate of drug-likeness (QED) is 0.230. The monoisotopic (exact) mass is 858 g/mol. The topological polar surface area (TPSA) is 0 Å². The molecule has 0 aliphatic heterocycles. The van der Waals surface area contributed by atoms with E-state index >= 15 is 0 Å². The Morgan fingerprint density at radius 1 is 0.333 bits per heavy atom. The van der Waals surface area contributed by atoms with Gasteiger partial charge < -0.3 is 37.2 Å². The molecular weight excluding hydrogens is 790 g/mol. The maximum atomic E-state index is 2.42. The third-order valence-electron chi connectivity index (χ3n) is 15.1. The van der Waals surface area contributed by atoms with Gasteiger partial charge in [-0.3, -0.25) is 0 Å². The number of halogens is 3. The van der Waals surface area contributed by atoms with E-state index in [0.717, 1.165) is 71.0 Å². The van der Waals surface area contributed by atoms with E-state index in [2.05, 4.69) is 143 Å². The third kappa shape index (κ3) is 10.3. The molecule has 0 radical (unpaired) electrons. The Balaban J connectivity index is -0.000000640. The molecule has 51 heavy (non-hydrogen) atoms. The molecule has 282 valence electrons. The normalized spacial score (nSPS) is 31.2. The fraction of sp³-hybridized carbons (Fsp3) is 0.667. The second-order valence-corrected chi connectivity index (χ2v) is 16.9. The summed E-state index contributed by atoms with van der Waals surface area (Å²) in [6, 6.07) is 7.27. The second-order valence-electron chi connectivity index (χ2n) is 16.9. The van der Waals surface area contributed by atoms with Gasteiger partial charge in [0.15, 0.2) is 0 Å². The molecule has 6 rings (SSSR count). The van der Waals surface area contributed by atoms with Crippen molar-refractivity contribution < 1.29 is 102 Å². The van der Waals surface area contributed by atoms with Gasteiger partial charge in [-0.15, -0.1) is 0 Å². The Morgan fingerprint density at radius 2 is 0.490 bits per heavy atom. The van der Waals surface area contributed by atoms with E-state index in [1.165, 1.54) is 16.7 Å². The number of aryl methyl sites for hydroxylation is 3. The molecule has 0 saturated heterocycles. The van der Waals surface area contributed by atoms with Gasteiger partial charge >= 0.3 is 65.2 Å². The van der Waals surface area contributed by atoms with Crippen molar-refractivity contribution in [2.75, 3.05) is 0 Å². The molecule has 0 spiro atoms. The molecule has 3 aromatic rings. The molecule has 12 atom stereocenters. The van der Waals surface area contributed by atoms with Crippen LogP contribution < -0.4 is 37.2 Å². The van der Waals surface area contributed by atoms with Crippen LogP contribution in [0.5, 0.6) is 0 Å². The second kappa shape index (κ2) is 22.1. The first-order valence-electron chi connectivity index (χ1n) is 18.6. The largest absolute Gasteiger partial charge is 2.00 e. The Kier molecular flexibility index (Phi) is 24.5. The predicted octanol–water partition coefficient (Wildman–Crippen LogP) is 4.55. The molecule has 0 aromatic heterocycles. The molecule has 3 aromatic carbocycles. The van der Waals surface area contributed by atoms with Crippen LogP contribution in [0.4, 0.5) is 0 Å². The molecule has 0 N–H and O–H groups in total. The number of fused-ring (bicyclic) bond motifs is 3. The predicted molar refractivity (Wildman–Crippen MR) is 200 cm³/mol. The van der Waals surface area contributed by atoms with E-state index in [4.69, 9.17) is 0 Å². The van der Waals surface area contributed by atoms with Gasteiger partial charge in [0.2, 0.25) is 0 Å². The third-order valence-corrected chi connectivity index (χ3v) is 15.1. The summed E-state index contributed by atoms with van der Waals surface area (Å²) in [6.45, 7) is 42.5. The maximum Gasteiger partial charge on any atom is 2.00 e. The molecule has 6 heteroatoms. The zero-order valence-corrected chi connectivity index (χ0v) is 42.2. The minimum Gasteiger partial charge on any atom is -1.00 e. The summed E-state index contributed by atoms with van der Waals surface area (Å²) in [6.07, 6.45) is 0. The van der Waals surface area contributed by atoms with Crippen molar-refractivity contribution in [3.63, 3.8) is 0 Å². The van der Waals surface area contributed by atoms with Crippen molar-refractivity contribution >= 4 is 0 Å². The summed E-state index contributed by atoms with van der Waals surface area (Å²) < 4.78 is 0. The van der Waals surface area contributed by atoms with Crippen LogP contribution in [0.3, 0.4) is 0 Å². The van der Waals surface area contributed by atoms with Gasteiger partial charge in [0.05, 0.1) is 0 Å². The summed E-state index contributed by atoms with van der Waals surface area (Å²) in [7, 11) is 0. The van der Waals surface area contributed by atoms with Gasteiger partial charge in [-0.05, 0) is 53.3 Å². The fourth-order valence-electron chi connectivity index (χ4n) is 9.86. The Hall–Kier alpha value is 1.06. The van der Waals surface area contributed by atoms with E-state index < -0.39 is 0 Å². The average Bonchev–Trinajstić information content (AvgIpc) is 3.60. The first kappa shape index (κ1) is 56.4. The first-order chi connectivity index (χ1) is 20.8. The maximum absolute atomic E-state index is 2.42. The zero-order chi connectivity index (χ0) is 34.0. The van der Waals surface area contributed by atoms with E-state index in [9.17, 15) is 0 Å². The van der Waals surface area contributed by atoms with Gasteiger partial charge in [-0.25, -0.2) is 18.2 Å². The van der Waals surface area contributed by atoms with Gasteiger partial charge in [-0.2, -0.15) is 66.8 Å². The van der Waals surface area contributed by atoms with Gasteiger partial charge in [0, 0.05) is 0 Å². The first-order valence-corrected chi connectivity index (χ1v) is 18.6. The van der Waals surface area contributed by atoms with E-state index in [1.807, 2.05) is 0 Å². The van der Waals surface area contributed by atoms with Gasteiger partial charge in [-0.1, -0.05) is 142 Å². The molecular formula is C45H69Cl3Ti3. The van der Waals surface area contributed by atoms with Crippen LogP contribution in [-0.4, -0.2) is 0 Å². The molecule has 0 bridgehead atoms. The van der Waals surface area contributed by atoms with Crippen molar-refractivity contribution in [1.29, 1.82) is 0 Å². The van der Waals surface area contributed by atoms with Crippen molar-refractivity contribution in [2.24, 2.45) is 35.5 Å². The summed E-state index contributed by atoms with van der Waals surface area (Å²) in [5.41, 5.74) is 18.9. The van der Waals surface area contributed by atoms with Crippen LogP contribution in [0.25, 0.3) is 0 Å². The van der Waals surface area contributed by atoms with Crippen LogP contribution in [0.1, 0.15) is 185 Å². The SMILES string of the molecule is Cc1cc2c([c-]1C)C(C)C(C)C(C)C2C.Cc1cc2c([c-]1C)C(C)C(C)C(C)C2C.Cc1cc2c([c-]1C)C(C)C(C)C(C)C2C.[Cl-].[Cl-].[Cl-].[Ti+2].[Ti+2].[Ti+2]. The molecule has 0 heterocycles. The van der Waals surface area contributed by atoms with E-state index in [0.29, 0.717) is 0 Å². The summed E-state index contributed by atoms with van der Waals surface area (Å²) in [5, 5.41) is 0.